The number of benzene rings is 2. The third kappa shape index (κ3) is 3.56. The number of hydrogen-bond donors (Lipinski definition) is 2. The number of nitrogens with zero attached hydrogens (tertiary/aromatic N) is 2. The number of nitrogens with one attached hydrogen (secondary N) is 1. The Morgan fingerprint density at radius 1 is 1.12 bits per heavy atom. The Hall–Kier alpha value is -3.84. The molecule has 6 nitrogen and oxygen atoms in total. The highest BCUT2D eigenvalue weighted by Crippen LogP contribution is 2.36. The van der Waals surface area contributed by atoms with Crippen LogP contribution in [0, 0.1) is 5.82 Å². The Morgan fingerprint density at radius 2 is 1.94 bits per heavy atom. The van der Waals surface area contributed by atoms with Crippen molar-refractivity contribution in [1.29, 1.82) is 0 Å². The fraction of sp³-hybridized carbons (Fsp3) is 0.160. The largest absolute Gasteiger partial charge is 0.392 e. The summed E-state index contributed by atoms with van der Waals surface area (Å²) in [4.78, 5) is 29.8. The molecule has 5 rings (SSSR count). The lowest BCUT2D eigenvalue weighted by molar-refractivity contribution is 0.0920. The summed E-state index contributed by atoms with van der Waals surface area (Å²) in [6.45, 7) is 0. The molecule has 2 aromatic carbocycles. The number of carbonyl (C=O) groups excluding carboxylic acids is 2. The van der Waals surface area contributed by atoms with E-state index in [0.717, 1.165) is 17.2 Å². The van der Waals surface area contributed by atoms with Gasteiger partial charge in [0, 0.05) is 24.1 Å². The van der Waals surface area contributed by atoms with Crippen LogP contribution < -0.4 is 5.32 Å². The minimum atomic E-state index is -0.644. The molecule has 2 N–H and O–H groups in total. The zero-order chi connectivity index (χ0) is 22.2. The van der Waals surface area contributed by atoms with Crippen LogP contribution in [0.2, 0.25) is 0 Å². The number of aliphatic hydroxyl groups is 1. The number of fused-ring (bicyclic) bond motifs is 2. The van der Waals surface area contributed by atoms with Gasteiger partial charge in [-0.2, -0.15) is 0 Å². The van der Waals surface area contributed by atoms with E-state index in [4.69, 9.17) is 0 Å². The number of aliphatic hydroxyl groups excluding tert-OH is 1. The SMILES string of the molecule is O=C(C[C@@H]1c2ccccc2C[C@H]1O)c1ccc(F)c(NC(=O)c2cnc3ccccn23)c1. The third-order valence-corrected chi connectivity index (χ3v) is 5.94. The molecule has 0 unspecified atom stereocenters. The molecular formula is C25H20FN3O3. The Labute approximate surface area is 183 Å². The maximum atomic E-state index is 14.4. The van der Waals surface area contributed by atoms with Gasteiger partial charge >= 0.3 is 0 Å². The first kappa shape index (κ1) is 20.1. The number of imidazole rings is 1. The van der Waals surface area contributed by atoms with Crippen LogP contribution in [0.5, 0.6) is 0 Å². The number of aromatic nitrogens is 2. The average molecular weight is 429 g/mol. The van der Waals surface area contributed by atoms with Crippen LogP contribution in [0.15, 0.2) is 73.1 Å². The molecule has 1 aliphatic carbocycles. The van der Waals surface area contributed by atoms with Crippen LogP contribution in [0.4, 0.5) is 10.1 Å². The molecule has 1 aliphatic rings. The Morgan fingerprint density at radius 3 is 2.81 bits per heavy atom. The molecule has 0 saturated carbocycles. The normalized spacial score (nSPS) is 17.3. The zero-order valence-corrected chi connectivity index (χ0v) is 17.0. The van der Waals surface area contributed by atoms with Crippen molar-refractivity contribution in [3.8, 4) is 0 Å². The summed E-state index contributed by atoms with van der Waals surface area (Å²) in [6, 6.07) is 16.9. The monoisotopic (exact) mass is 429 g/mol. The highest BCUT2D eigenvalue weighted by Gasteiger charge is 2.32. The quantitative estimate of drug-likeness (QED) is 0.470. The van der Waals surface area contributed by atoms with E-state index in [2.05, 4.69) is 10.3 Å². The minimum absolute atomic E-state index is 0.0842. The third-order valence-electron chi connectivity index (χ3n) is 5.94. The summed E-state index contributed by atoms with van der Waals surface area (Å²) in [5.41, 5.74) is 3.05. The van der Waals surface area contributed by atoms with Crippen molar-refractivity contribution in [2.45, 2.75) is 24.9 Å². The summed E-state index contributed by atoms with van der Waals surface area (Å²) in [5.74, 6) is -1.71. The van der Waals surface area contributed by atoms with E-state index in [-0.39, 0.29) is 35.1 Å². The van der Waals surface area contributed by atoms with E-state index < -0.39 is 17.8 Å². The first-order valence-electron chi connectivity index (χ1n) is 10.3. The van der Waals surface area contributed by atoms with Crippen LogP contribution in [0.1, 0.15) is 44.3 Å². The van der Waals surface area contributed by atoms with Crippen molar-refractivity contribution in [3.05, 3.63) is 101 Å². The first-order valence-corrected chi connectivity index (χ1v) is 10.3. The van der Waals surface area contributed by atoms with E-state index in [1.807, 2.05) is 24.3 Å². The molecule has 2 heterocycles. The summed E-state index contributed by atoms with van der Waals surface area (Å²) >= 11 is 0. The number of carbonyl (C=O) groups is 2. The van der Waals surface area contributed by atoms with Crippen LogP contribution >= 0.6 is 0 Å². The maximum absolute atomic E-state index is 14.4. The van der Waals surface area contributed by atoms with Gasteiger partial charge in [-0.3, -0.25) is 14.0 Å². The van der Waals surface area contributed by atoms with E-state index in [1.54, 1.807) is 28.8 Å². The predicted molar refractivity (Wildman–Crippen MR) is 117 cm³/mol. The Kier molecular flexibility index (Phi) is 5.03. The van der Waals surface area contributed by atoms with Gasteiger partial charge in [0.05, 0.1) is 18.0 Å². The number of pyridine rings is 1. The minimum Gasteiger partial charge on any atom is -0.392 e. The Bertz CT molecular complexity index is 1350. The molecule has 0 saturated heterocycles. The second kappa shape index (κ2) is 8.01. The lowest BCUT2D eigenvalue weighted by Gasteiger charge is -2.15. The fourth-order valence-corrected chi connectivity index (χ4v) is 4.30. The Balaban J connectivity index is 1.37. The number of hydrogen-bond acceptors (Lipinski definition) is 4. The molecule has 7 heteroatoms. The standard InChI is InChI=1S/C25H20FN3O3/c26-19-9-8-16(22(30)13-18-17-6-2-1-5-15(17)12-23(18)31)11-20(19)28-25(32)21-14-27-24-7-3-4-10-29(21)24/h1-11,14,18,23,31H,12-13H2,(H,28,32)/t18-,23-/m1/s1. The van der Waals surface area contributed by atoms with Gasteiger partial charge in [-0.1, -0.05) is 30.3 Å². The molecule has 2 aromatic heterocycles. The molecule has 0 aliphatic heterocycles. The molecule has 0 bridgehead atoms. The molecule has 4 aromatic rings. The van der Waals surface area contributed by atoms with Crippen molar-refractivity contribution >= 4 is 23.0 Å². The van der Waals surface area contributed by atoms with Crippen molar-refractivity contribution in [3.63, 3.8) is 0 Å². The number of amides is 1. The molecule has 1 amide bonds. The van der Waals surface area contributed by atoms with Crippen LogP contribution in [-0.4, -0.2) is 32.3 Å². The average Bonchev–Trinajstić information content (AvgIpc) is 3.36. The highest BCUT2D eigenvalue weighted by atomic mass is 19.1. The van der Waals surface area contributed by atoms with Gasteiger partial charge in [-0.05, 0) is 47.9 Å². The second-order valence-electron chi connectivity index (χ2n) is 7.93. The molecule has 0 spiro atoms. The highest BCUT2D eigenvalue weighted by molar-refractivity contribution is 6.04. The van der Waals surface area contributed by atoms with Gasteiger partial charge in [0.25, 0.3) is 5.91 Å². The number of Topliss-reactive ketones (excluding diaryl/α,β-unsaturated/α-hetero) is 1. The van der Waals surface area contributed by atoms with Crippen molar-refractivity contribution in [1.82, 2.24) is 9.38 Å². The zero-order valence-electron chi connectivity index (χ0n) is 17.0. The smallest absolute Gasteiger partial charge is 0.274 e. The summed E-state index contributed by atoms with van der Waals surface area (Å²) in [6.07, 6.45) is 3.09. The van der Waals surface area contributed by atoms with Crippen molar-refractivity contribution in [2.24, 2.45) is 0 Å². The summed E-state index contributed by atoms with van der Waals surface area (Å²) in [5, 5.41) is 13.0. The summed E-state index contributed by atoms with van der Waals surface area (Å²) < 4.78 is 16.0. The molecule has 2 atom stereocenters. The second-order valence-corrected chi connectivity index (χ2v) is 7.93. The number of halogens is 1. The van der Waals surface area contributed by atoms with E-state index in [1.165, 1.54) is 18.3 Å². The van der Waals surface area contributed by atoms with Crippen molar-refractivity contribution in [2.75, 3.05) is 5.32 Å². The van der Waals surface area contributed by atoms with Gasteiger partial charge in [0.2, 0.25) is 0 Å². The van der Waals surface area contributed by atoms with Gasteiger partial charge in [0.15, 0.2) is 5.78 Å². The van der Waals surface area contributed by atoms with Gasteiger partial charge in [-0.15, -0.1) is 0 Å². The molecule has 32 heavy (non-hydrogen) atoms. The fourth-order valence-electron chi connectivity index (χ4n) is 4.30. The van der Waals surface area contributed by atoms with E-state index in [9.17, 15) is 19.1 Å². The lowest BCUT2D eigenvalue weighted by Crippen LogP contribution is -2.18. The van der Waals surface area contributed by atoms with Gasteiger partial charge in [-0.25, -0.2) is 9.37 Å². The predicted octanol–water partition coefficient (Wildman–Crippen LogP) is 4.00. The number of rotatable bonds is 5. The van der Waals surface area contributed by atoms with Crippen LogP contribution in [0.3, 0.4) is 0 Å². The lowest BCUT2D eigenvalue weighted by atomic mass is 9.91. The van der Waals surface area contributed by atoms with Crippen LogP contribution in [0.25, 0.3) is 5.65 Å². The molecular weight excluding hydrogens is 409 g/mol. The van der Waals surface area contributed by atoms with Crippen molar-refractivity contribution < 1.29 is 19.1 Å². The molecule has 0 fully saturated rings. The first-order chi connectivity index (χ1) is 15.5. The number of ketones is 1. The summed E-state index contributed by atoms with van der Waals surface area (Å²) in [7, 11) is 0. The van der Waals surface area contributed by atoms with E-state index >= 15 is 0 Å². The molecule has 160 valence electrons. The molecule has 0 radical (unpaired) electrons. The van der Waals surface area contributed by atoms with Gasteiger partial charge in [0.1, 0.15) is 17.2 Å². The van der Waals surface area contributed by atoms with Crippen LogP contribution in [-0.2, 0) is 6.42 Å². The van der Waals surface area contributed by atoms with Gasteiger partial charge < -0.3 is 10.4 Å². The topological polar surface area (TPSA) is 83.7 Å². The van der Waals surface area contributed by atoms with E-state index in [0.29, 0.717) is 12.1 Å². The number of anilines is 1. The maximum Gasteiger partial charge on any atom is 0.274 e.